The van der Waals surface area contributed by atoms with Gasteiger partial charge in [-0.2, -0.15) is 0 Å². The number of ether oxygens (including phenoxy) is 3. The molecule has 0 aromatic heterocycles. The Morgan fingerprint density at radius 1 is 1.11 bits per heavy atom. The maximum atomic E-state index is 11.3. The number of rotatable bonds is 6. The molecule has 0 fully saturated rings. The Morgan fingerprint density at radius 3 is 2.16 bits per heavy atom. The van der Waals surface area contributed by atoms with Gasteiger partial charge in [-0.05, 0) is 13.8 Å². The molecule has 0 aliphatic heterocycles. The van der Waals surface area contributed by atoms with E-state index in [1.807, 2.05) is 0 Å². The van der Waals surface area contributed by atoms with E-state index in [1.54, 1.807) is 13.8 Å². The zero-order valence-corrected chi connectivity index (χ0v) is 11.5. The van der Waals surface area contributed by atoms with E-state index >= 15 is 0 Å². The van der Waals surface area contributed by atoms with Crippen molar-refractivity contribution in [2.75, 3.05) is 6.54 Å². The van der Waals surface area contributed by atoms with E-state index in [1.165, 1.54) is 13.8 Å². The molecule has 0 aliphatic rings. The van der Waals surface area contributed by atoms with E-state index in [0.717, 1.165) is 0 Å². The Hall–Kier alpha value is -2.05. The van der Waals surface area contributed by atoms with Gasteiger partial charge < -0.3 is 19.5 Å². The van der Waals surface area contributed by atoms with Crippen molar-refractivity contribution < 1.29 is 28.6 Å². The van der Waals surface area contributed by atoms with Crippen LogP contribution >= 0.6 is 0 Å². The lowest BCUT2D eigenvalue weighted by atomic mass is 10.3. The third-order valence-electron chi connectivity index (χ3n) is 1.83. The van der Waals surface area contributed by atoms with Gasteiger partial charge in [0.05, 0.1) is 6.54 Å². The molecule has 7 heteroatoms. The lowest BCUT2D eigenvalue weighted by Crippen LogP contribution is -2.34. The normalized spacial score (nSPS) is 12.8. The second-order valence-corrected chi connectivity index (χ2v) is 3.96. The SMILES string of the molecule is C=C(C)C(=O)NCC(C)OC(=O)OC(C)OC(C)=O. The molecular weight excluding hydrogens is 254 g/mol. The van der Waals surface area contributed by atoms with Gasteiger partial charge in [-0.3, -0.25) is 9.59 Å². The van der Waals surface area contributed by atoms with Crippen LogP contribution in [0.2, 0.25) is 0 Å². The van der Waals surface area contributed by atoms with Gasteiger partial charge in [0, 0.05) is 19.4 Å². The van der Waals surface area contributed by atoms with Gasteiger partial charge in [-0.25, -0.2) is 4.79 Å². The monoisotopic (exact) mass is 273 g/mol. The van der Waals surface area contributed by atoms with E-state index in [2.05, 4.69) is 21.4 Å². The summed E-state index contributed by atoms with van der Waals surface area (Å²) in [4.78, 5) is 33.0. The summed E-state index contributed by atoms with van der Waals surface area (Å²) in [5.41, 5.74) is 0.359. The number of nitrogens with one attached hydrogen (secondary N) is 1. The Labute approximate surface area is 111 Å². The first-order valence-corrected chi connectivity index (χ1v) is 5.70. The van der Waals surface area contributed by atoms with Crippen molar-refractivity contribution in [2.24, 2.45) is 0 Å². The van der Waals surface area contributed by atoms with Crippen molar-refractivity contribution in [3.63, 3.8) is 0 Å². The Balaban J connectivity index is 3.95. The van der Waals surface area contributed by atoms with Crippen LogP contribution in [0.15, 0.2) is 12.2 Å². The summed E-state index contributed by atoms with van der Waals surface area (Å²) in [6.45, 7) is 9.32. The maximum Gasteiger partial charge on any atom is 0.511 e. The summed E-state index contributed by atoms with van der Waals surface area (Å²) >= 11 is 0. The lowest BCUT2D eigenvalue weighted by Gasteiger charge is -2.16. The minimum atomic E-state index is -1.03. The summed E-state index contributed by atoms with van der Waals surface area (Å²) in [5, 5.41) is 2.52. The predicted octanol–water partition coefficient (Wildman–Crippen LogP) is 1.13. The zero-order chi connectivity index (χ0) is 15.0. The summed E-state index contributed by atoms with van der Waals surface area (Å²) in [6, 6.07) is 0. The molecule has 108 valence electrons. The lowest BCUT2D eigenvalue weighted by molar-refractivity contribution is -0.166. The molecule has 0 saturated carbocycles. The van der Waals surface area contributed by atoms with E-state index in [-0.39, 0.29) is 12.5 Å². The van der Waals surface area contributed by atoms with Crippen molar-refractivity contribution in [1.29, 1.82) is 0 Å². The van der Waals surface area contributed by atoms with Crippen LogP contribution in [0, 0.1) is 0 Å². The summed E-state index contributed by atoms with van der Waals surface area (Å²) in [7, 11) is 0. The fourth-order valence-corrected chi connectivity index (χ4v) is 1.01. The molecule has 0 heterocycles. The molecule has 0 spiro atoms. The molecular formula is C12H19NO6. The molecule has 19 heavy (non-hydrogen) atoms. The van der Waals surface area contributed by atoms with Crippen LogP contribution in [-0.2, 0) is 23.8 Å². The third kappa shape index (κ3) is 8.64. The highest BCUT2D eigenvalue weighted by Crippen LogP contribution is 2.00. The van der Waals surface area contributed by atoms with Crippen molar-refractivity contribution in [3.05, 3.63) is 12.2 Å². The Kier molecular flexibility index (Phi) is 7.25. The number of hydrogen-bond acceptors (Lipinski definition) is 6. The number of carbonyl (C=O) groups excluding carboxylic acids is 3. The van der Waals surface area contributed by atoms with Crippen molar-refractivity contribution >= 4 is 18.0 Å². The molecule has 2 unspecified atom stereocenters. The van der Waals surface area contributed by atoms with Gasteiger partial charge in [0.2, 0.25) is 12.2 Å². The summed E-state index contributed by atoms with van der Waals surface area (Å²) < 4.78 is 14.1. The van der Waals surface area contributed by atoms with Crippen LogP contribution in [-0.4, -0.2) is 37.0 Å². The molecule has 0 aromatic rings. The summed E-state index contributed by atoms with van der Waals surface area (Å²) in [5.74, 6) is -0.890. The predicted molar refractivity (Wildman–Crippen MR) is 66.1 cm³/mol. The fraction of sp³-hybridized carbons (Fsp3) is 0.583. The second kappa shape index (κ2) is 8.12. The first kappa shape index (κ1) is 16.9. The third-order valence-corrected chi connectivity index (χ3v) is 1.83. The van der Waals surface area contributed by atoms with E-state index in [4.69, 9.17) is 4.74 Å². The van der Waals surface area contributed by atoms with Crippen LogP contribution in [0.3, 0.4) is 0 Å². The number of hydrogen-bond donors (Lipinski definition) is 1. The molecule has 0 saturated heterocycles. The van der Waals surface area contributed by atoms with Gasteiger partial charge in [-0.15, -0.1) is 0 Å². The maximum absolute atomic E-state index is 11.3. The molecule has 0 aliphatic carbocycles. The van der Waals surface area contributed by atoms with Gasteiger partial charge in [0.15, 0.2) is 0 Å². The Morgan fingerprint density at radius 2 is 1.68 bits per heavy atom. The average Bonchev–Trinajstić information content (AvgIpc) is 2.23. The molecule has 0 radical (unpaired) electrons. The van der Waals surface area contributed by atoms with E-state index < -0.39 is 24.5 Å². The van der Waals surface area contributed by atoms with Crippen molar-refractivity contribution in [2.45, 2.75) is 40.1 Å². The second-order valence-electron chi connectivity index (χ2n) is 3.96. The average molecular weight is 273 g/mol. The van der Waals surface area contributed by atoms with Crippen LogP contribution < -0.4 is 5.32 Å². The first-order chi connectivity index (χ1) is 8.72. The molecule has 0 bridgehead atoms. The minimum Gasteiger partial charge on any atom is -0.429 e. The van der Waals surface area contributed by atoms with Crippen molar-refractivity contribution in [3.8, 4) is 0 Å². The molecule has 2 atom stereocenters. The molecule has 0 aromatic carbocycles. The fourth-order valence-electron chi connectivity index (χ4n) is 1.01. The van der Waals surface area contributed by atoms with Crippen LogP contribution in [0.25, 0.3) is 0 Å². The smallest absolute Gasteiger partial charge is 0.429 e. The highest BCUT2D eigenvalue weighted by Gasteiger charge is 2.16. The van der Waals surface area contributed by atoms with Gasteiger partial charge >= 0.3 is 12.1 Å². The van der Waals surface area contributed by atoms with Crippen LogP contribution in [0.5, 0.6) is 0 Å². The molecule has 1 amide bonds. The van der Waals surface area contributed by atoms with E-state index in [9.17, 15) is 14.4 Å². The first-order valence-electron chi connectivity index (χ1n) is 5.70. The minimum absolute atomic E-state index is 0.128. The molecule has 0 rings (SSSR count). The standard InChI is InChI=1S/C12H19NO6/c1-7(2)11(15)13-6-8(3)17-12(16)19-10(5)18-9(4)14/h8,10H,1,6H2,2-5H3,(H,13,15). The zero-order valence-electron chi connectivity index (χ0n) is 11.5. The van der Waals surface area contributed by atoms with Crippen LogP contribution in [0.4, 0.5) is 4.79 Å². The highest BCUT2D eigenvalue weighted by molar-refractivity contribution is 5.92. The van der Waals surface area contributed by atoms with Crippen LogP contribution in [0.1, 0.15) is 27.7 Å². The van der Waals surface area contributed by atoms with Gasteiger partial charge in [0.25, 0.3) is 0 Å². The molecule has 1 N–H and O–H groups in total. The van der Waals surface area contributed by atoms with E-state index in [0.29, 0.717) is 5.57 Å². The number of amides is 1. The number of esters is 1. The Bertz CT molecular complexity index is 365. The topological polar surface area (TPSA) is 90.9 Å². The van der Waals surface area contributed by atoms with Crippen molar-refractivity contribution in [1.82, 2.24) is 5.32 Å². The number of carbonyl (C=O) groups is 3. The summed E-state index contributed by atoms with van der Waals surface area (Å²) in [6.07, 6.45) is -2.59. The van der Waals surface area contributed by atoms with Gasteiger partial charge in [0.1, 0.15) is 6.10 Å². The molecule has 7 nitrogen and oxygen atoms in total. The highest BCUT2D eigenvalue weighted by atomic mass is 16.8. The van der Waals surface area contributed by atoms with Gasteiger partial charge in [-0.1, -0.05) is 6.58 Å². The quantitative estimate of drug-likeness (QED) is 0.443. The largest absolute Gasteiger partial charge is 0.511 e.